The molecule has 4 nitrogen and oxygen atoms in total. The van der Waals surface area contributed by atoms with Crippen molar-refractivity contribution in [1.29, 1.82) is 0 Å². The summed E-state index contributed by atoms with van der Waals surface area (Å²) in [6, 6.07) is 15.9. The highest BCUT2D eigenvalue weighted by Gasteiger charge is 2.28. The summed E-state index contributed by atoms with van der Waals surface area (Å²) in [7, 11) is -1.24. The summed E-state index contributed by atoms with van der Waals surface area (Å²) < 4.78 is 28.1. The lowest BCUT2D eigenvalue weighted by Gasteiger charge is -2.30. The van der Waals surface area contributed by atoms with Gasteiger partial charge in [0.25, 0.3) is 0 Å². The van der Waals surface area contributed by atoms with Crippen LogP contribution in [-0.2, 0) is 22.2 Å². The van der Waals surface area contributed by atoms with E-state index in [-0.39, 0.29) is 17.6 Å². The Bertz CT molecular complexity index is 769. The molecule has 2 atom stereocenters. The summed E-state index contributed by atoms with van der Waals surface area (Å²) in [5.74, 6) is -0.475. The molecule has 0 radical (unpaired) electrons. The number of benzene rings is 2. The van der Waals surface area contributed by atoms with Crippen molar-refractivity contribution in [2.75, 3.05) is 19.6 Å². The smallest absolute Gasteiger partial charge is 0.224 e. The molecule has 0 spiro atoms. The van der Waals surface area contributed by atoms with Crippen molar-refractivity contribution >= 4 is 16.9 Å². The van der Waals surface area contributed by atoms with Crippen molar-refractivity contribution in [2.45, 2.75) is 24.2 Å². The number of piperidine rings is 1. The first kappa shape index (κ1) is 18.7. The fourth-order valence-corrected chi connectivity index (χ4v) is 4.46. The quantitative estimate of drug-likeness (QED) is 0.845. The minimum atomic E-state index is -1.24. The van der Waals surface area contributed by atoms with E-state index < -0.39 is 11.0 Å². The number of nitrogens with one attached hydrogen (secondary N) is 1. The molecule has 1 N–H and O–H groups in total. The van der Waals surface area contributed by atoms with E-state index in [4.69, 9.17) is 0 Å². The first-order chi connectivity index (χ1) is 12.6. The van der Waals surface area contributed by atoms with Crippen LogP contribution in [0.25, 0.3) is 0 Å². The van der Waals surface area contributed by atoms with E-state index in [9.17, 15) is 13.4 Å². The van der Waals surface area contributed by atoms with Gasteiger partial charge in [-0.05, 0) is 43.0 Å². The molecule has 1 saturated heterocycles. The maximum absolute atomic E-state index is 13.6. The third kappa shape index (κ3) is 4.77. The molecular formula is C20H23FN2O2S. The number of halogens is 1. The first-order valence-electron chi connectivity index (χ1n) is 8.88. The van der Waals surface area contributed by atoms with Crippen LogP contribution in [0.5, 0.6) is 0 Å². The van der Waals surface area contributed by atoms with Gasteiger partial charge < -0.3 is 5.32 Å². The van der Waals surface area contributed by atoms with Crippen LogP contribution in [0.3, 0.4) is 0 Å². The molecule has 0 aromatic heterocycles. The zero-order chi connectivity index (χ0) is 18.4. The van der Waals surface area contributed by atoms with E-state index >= 15 is 0 Å². The molecule has 3 rings (SSSR count). The number of carbonyl (C=O) groups is 1. The van der Waals surface area contributed by atoms with Crippen molar-refractivity contribution in [3.05, 3.63) is 66.0 Å². The Kier molecular flexibility index (Phi) is 6.52. The summed E-state index contributed by atoms with van der Waals surface area (Å²) in [5.41, 5.74) is 0.600. The van der Waals surface area contributed by atoms with Gasteiger partial charge in [-0.1, -0.05) is 36.4 Å². The molecule has 1 amide bonds. The Morgan fingerprint density at radius 1 is 1.15 bits per heavy atom. The highest BCUT2D eigenvalue weighted by molar-refractivity contribution is 7.82. The molecule has 0 aliphatic carbocycles. The summed E-state index contributed by atoms with van der Waals surface area (Å²) in [4.78, 5) is 13.2. The second-order valence-corrected chi connectivity index (χ2v) is 7.91. The molecule has 6 heteroatoms. The van der Waals surface area contributed by atoms with Crippen LogP contribution in [0.4, 0.5) is 4.39 Å². The van der Waals surface area contributed by atoms with Gasteiger partial charge in [-0.2, -0.15) is 0 Å². The fourth-order valence-electron chi connectivity index (χ4n) is 3.16. The van der Waals surface area contributed by atoms with Gasteiger partial charge in [0.2, 0.25) is 5.91 Å². The van der Waals surface area contributed by atoms with E-state index in [1.54, 1.807) is 18.2 Å². The molecule has 1 aliphatic rings. The molecule has 0 bridgehead atoms. The summed E-state index contributed by atoms with van der Waals surface area (Å²) >= 11 is 0. The van der Waals surface area contributed by atoms with E-state index in [1.165, 1.54) is 6.07 Å². The Morgan fingerprint density at radius 2 is 1.88 bits per heavy atom. The van der Waals surface area contributed by atoms with E-state index in [0.29, 0.717) is 25.1 Å². The van der Waals surface area contributed by atoms with E-state index in [2.05, 4.69) is 5.32 Å². The number of hydrogen-bond acceptors (Lipinski definition) is 2. The number of rotatable bonds is 6. The minimum Gasteiger partial charge on any atom is -0.355 e. The number of amides is 1. The second-order valence-electron chi connectivity index (χ2n) is 6.42. The number of nitrogens with zero attached hydrogens (tertiary/aromatic N) is 1. The molecule has 138 valence electrons. The molecule has 2 unspecified atom stereocenters. The lowest BCUT2D eigenvalue weighted by Crippen LogP contribution is -2.44. The lowest BCUT2D eigenvalue weighted by molar-refractivity contribution is -0.126. The van der Waals surface area contributed by atoms with Crippen molar-refractivity contribution in [1.82, 2.24) is 9.62 Å². The number of hydrogen-bond donors (Lipinski definition) is 1. The summed E-state index contributed by atoms with van der Waals surface area (Å²) in [6.45, 7) is 1.60. The van der Waals surface area contributed by atoms with Crippen LogP contribution in [-0.4, -0.2) is 34.1 Å². The van der Waals surface area contributed by atoms with Gasteiger partial charge in [-0.25, -0.2) is 12.9 Å². The fraction of sp³-hybridized carbons (Fsp3) is 0.350. The highest BCUT2D eigenvalue weighted by atomic mass is 32.2. The van der Waals surface area contributed by atoms with Gasteiger partial charge in [0.05, 0.1) is 10.8 Å². The van der Waals surface area contributed by atoms with Gasteiger partial charge in [-0.3, -0.25) is 4.79 Å². The first-order valence-corrected chi connectivity index (χ1v) is 9.99. The molecule has 0 saturated carbocycles. The zero-order valence-electron chi connectivity index (χ0n) is 14.6. The van der Waals surface area contributed by atoms with Crippen LogP contribution in [0.2, 0.25) is 0 Å². The predicted molar refractivity (Wildman–Crippen MR) is 100 cm³/mol. The predicted octanol–water partition coefficient (Wildman–Crippen LogP) is 2.92. The summed E-state index contributed by atoms with van der Waals surface area (Å²) in [6.07, 6.45) is 2.09. The van der Waals surface area contributed by atoms with Crippen LogP contribution in [0.15, 0.2) is 59.5 Å². The molecule has 1 heterocycles. The third-order valence-corrected chi connectivity index (χ3v) is 6.06. The molecule has 1 fully saturated rings. The largest absolute Gasteiger partial charge is 0.355 e. The maximum Gasteiger partial charge on any atom is 0.224 e. The molecular weight excluding hydrogens is 351 g/mol. The Morgan fingerprint density at radius 3 is 2.65 bits per heavy atom. The molecule has 1 aliphatic heterocycles. The van der Waals surface area contributed by atoms with Gasteiger partial charge in [0, 0.05) is 19.6 Å². The molecule has 2 aromatic rings. The van der Waals surface area contributed by atoms with Gasteiger partial charge in [-0.15, -0.1) is 0 Å². The molecule has 26 heavy (non-hydrogen) atoms. The van der Waals surface area contributed by atoms with Crippen LogP contribution in [0.1, 0.15) is 18.4 Å². The SMILES string of the molecule is O=C(NCCc1ccccc1F)C1CCCN(S(=O)c2ccccc2)C1. The number of carbonyl (C=O) groups excluding carboxylic acids is 1. The van der Waals surface area contributed by atoms with Crippen molar-refractivity contribution < 1.29 is 13.4 Å². The third-order valence-electron chi connectivity index (χ3n) is 4.59. The lowest BCUT2D eigenvalue weighted by atomic mass is 9.99. The standard InChI is InChI=1S/C20H23FN2O2S/c21-19-11-5-4-7-16(19)12-13-22-20(24)17-8-6-14-23(15-17)26(25)18-9-2-1-3-10-18/h1-5,7,9-11,17H,6,8,12-15H2,(H,22,24). The Hall–Kier alpha value is -2.05. The monoisotopic (exact) mass is 374 g/mol. The van der Waals surface area contributed by atoms with Crippen LogP contribution < -0.4 is 5.32 Å². The Labute approximate surface area is 156 Å². The average molecular weight is 374 g/mol. The maximum atomic E-state index is 13.6. The average Bonchev–Trinajstić information content (AvgIpc) is 2.69. The summed E-state index contributed by atoms with van der Waals surface area (Å²) in [5, 5.41) is 2.90. The zero-order valence-corrected chi connectivity index (χ0v) is 15.4. The van der Waals surface area contributed by atoms with Gasteiger partial charge >= 0.3 is 0 Å². The van der Waals surface area contributed by atoms with Gasteiger partial charge in [0.15, 0.2) is 0 Å². The van der Waals surface area contributed by atoms with Crippen molar-refractivity contribution in [2.24, 2.45) is 5.92 Å². The second kappa shape index (κ2) is 9.05. The van der Waals surface area contributed by atoms with Gasteiger partial charge in [0.1, 0.15) is 16.8 Å². The van der Waals surface area contributed by atoms with E-state index in [1.807, 2.05) is 34.6 Å². The van der Waals surface area contributed by atoms with Crippen LogP contribution >= 0.6 is 0 Å². The van der Waals surface area contributed by atoms with Crippen LogP contribution in [0, 0.1) is 11.7 Å². The normalized spacial score (nSPS) is 19.0. The van der Waals surface area contributed by atoms with E-state index in [0.717, 1.165) is 24.3 Å². The minimum absolute atomic E-state index is 0.0453. The van der Waals surface area contributed by atoms with Crippen molar-refractivity contribution in [3.8, 4) is 0 Å². The molecule has 2 aromatic carbocycles. The highest BCUT2D eigenvalue weighted by Crippen LogP contribution is 2.21. The topological polar surface area (TPSA) is 49.4 Å². The van der Waals surface area contributed by atoms with Crippen molar-refractivity contribution in [3.63, 3.8) is 0 Å². The Balaban J connectivity index is 1.51.